The number of thioether (sulfide) groups is 1. The van der Waals surface area contributed by atoms with Crippen LogP contribution in [0.4, 0.5) is 13.2 Å². The van der Waals surface area contributed by atoms with Crippen molar-refractivity contribution < 1.29 is 56.9 Å². The number of alkyl halides is 3. The molecule has 0 saturated carbocycles. The van der Waals surface area contributed by atoms with Crippen molar-refractivity contribution in [2.45, 2.75) is 48.8 Å². The summed E-state index contributed by atoms with van der Waals surface area (Å²) in [6.07, 6.45) is -5.55. The fourth-order valence-corrected chi connectivity index (χ4v) is 5.20. The molecule has 258 valence electrons. The molecule has 11 N–H and O–H groups in total. The minimum atomic E-state index is -4.70. The van der Waals surface area contributed by atoms with Crippen LogP contribution < -0.4 is 38.1 Å². The molecule has 0 unspecified atom stereocenters. The Morgan fingerprint density at radius 3 is 1.98 bits per heavy atom. The summed E-state index contributed by atoms with van der Waals surface area (Å²) in [5.41, 5.74) is 9.51. The van der Waals surface area contributed by atoms with Crippen LogP contribution in [-0.2, 0) is 39.7 Å². The van der Waals surface area contributed by atoms with Gasteiger partial charge in [-0.15, -0.1) is 11.8 Å². The Morgan fingerprint density at radius 2 is 1.45 bits per heavy atom. The number of aliphatic imine (C=N–C) groups is 1. The molecule has 1 saturated heterocycles. The topological polar surface area (TPSA) is 284 Å². The molecule has 1 aromatic carbocycles. The Hall–Kier alpha value is -5.08. The fourth-order valence-electron chi connectivity index (χ4n) is 4.01. The molecule has 17 nitrogen and oxygen atoms in total. The zero-order valence-electron chi connectivity index (χ0n) is 24.5. The second-order valence-corrected chi connectivity index (χ2v) is 11.1. The summed E-state index contributed by atoms with van der Waals surface area (Å²) in [4.78, 5) is 91.3. The summed E-state index contributed by atoms with van der Waals surface area (Å²) in [5, 5.41) is 28.6. The summed E-state index contributed by atoms with van der Waals surface area (Å²) >= 11 is 0.590. The van der Waals surface area contributed by atoms with E-state index in [2.05, 4.69) is 31.6 Å². The summed E-state index contributed by atoms with van der Waals surface area (Å²) in [6, 6.07) is -1.50. The molecule has 0 radical (unpaired) electrons. The standard InChI is InChI=1S/C26H33F3N8O9S/c27-26(28,29)13-5-3-12(4-6-13)20-23(44)34-10-17(38)35-14(2-1-7-32-25(30)31)21(42)33-9-18(39)36-15(8-19(40)41)22(43)37-16(11-47-20)24(45)46/h3-6,14-16,20H,1-2,7-11H2,(H,33,42)(H,34,44)(H,35,38)(H,36,39)(H,37,43)(H,40,41)(H,45,46)(H4,30,31,32)/t14-,15-,16-,20+/m0/s1. The number of carboxylic acids is 2. The van der Waals surface area contributed by atoms with E-state index in [-0.39, 0.29) is 30.9 Å². The number of halogens is 3. The first-order valence-electron chi connectivity index (χ1n) is 13.7. The van der Waals surface area contributed by atoms with Crippen molar-refractivity contribution in [3.8, 4) is 0 Å². The molecular weight excluding hydrogens is 657 g/mol. The molecule has 21 heteroatoms. The number of hydrogen-bond acceptors (Lipinski definition) is 9. The Kier molecular flexibility index (Phi) is 14.2. The number of nitrogens with two attached hydrogens (primary N) is 2. The minimum absolute atomic E-state index is 0.0150. The predicted octanol–water partition coefficient (Wildman–Crippen LogP) is -2.21. The van der Waals surface area contributed by atoms with Crippen molar-refractivity contribution in [1.29, 1.82) is 0 Å². The van der Waals surface area contributed by atoms with Crippen LogP contribution in [0.2, 0.25) is 0 Å². The first kappa shape index (κ1) is 38.1. The Balaban J connectivity index is 2.44. The van der Waals surface area contributed by atoms with E-state index in [1.165, 1.54) is 0 Å². The van der Waals surface area contributed by atoms with Crippen molar-refractivity contribution in [3.05, 3.63) is 35.4 Å². The Labute approximate surface area is 268 Å². The van der Waals surface area contributed by atoms with Crippen LogP contribution in [0, 0.1) is 0 Å². The summed E-state index contributed by atoms with van der Waals surface area (Å²) < 4.78 is 39.4. The molecule has 1 aliphatic rings. The number of amides is 5. The van der Waals surface area contributed by atoms with Gasteiger partial charge in [-0.1, -0.05) is 12.1 Å². The maximum atomic E-state index is 13.2. The van der Waals surface area contributed by atoms with Crippen LogP contribution in [0.25, 0.3) is 0 Å². The Morgan fingerprint density at radius 1 is 0.872 bits per heavy atom. The van der Waals surface area contributed by atoms with Gasteiger partial charge in [0, 0.05) is 12.3 Å². The average molecular weight is 691 g/mol. The van der Waals surface area contributed by atoms with Crippen molar-refractivity contribution in [2.24, 2.45) is 16.5 Å². The van der Waals surface area contributed by atoms with E-state index in [0.717, 1.165) is 12.1 Å². The smallest absolute Gasteiger partial charge is 0.416 e. The molecule has 5 amide bonds. The molecular formula is C26H33F3N8O9S. The molecule has 1 aliphatic heterocycles. The van der Waals surface area contributed by atoms with E-state index in [0.29, 0.717) is 23.9 Å². The summed E-state index contributed by atoms with van der Waals surface area (Å²) in [5.74, 6) is -8.88. The largest absolute Gasteiger partial charge is 0.481 e. The van der Waals surface area contributed by atoms with Gasteiger partial charge in [0.15, 0.2) is 5.96 Å². The first-order chi connectivity index (χ1) is 22.0. The molecule has 0 bridgehead atoms. The molecule has 4 atom stereocenters. The van der Waals surface area contributed by atoms with Crippen LogP contribution in [0.15, 0.2) is 29.3 Å². The van der Waals surface area contributed by atoms with Gasteiger partial charge >= 0.3 is 18.1 Å². The molecule has 47 heavy (non-hydrogen) atoms. The maximum absolute atomic E-state index is 13.2. The van der Waals surface area contributed by atoms with E-state index in [1.807, 2.05) is 0 Å². The lowest BCUT2D eigenvalue weighted by molar-refractivity contribution is -0.143. The molecule has 1 fully saturated rings. The van der Waals surface area contributed by atoms with Gasteiger partial charge in [0.25, 0.3) is 0 Å². The SMILES string of the molecule is NC(N)=NCCC[C@@H]1NC(=O)CNC(=O)[C@@H](c2ccc(C(F)(F)F)cc2)SC[C@@H](C(=O)O)NC(=O)[C@H](CC(=O)O)NC(=O)CNC1=O. The third-order valence-electron chi connectivity index (χ3n) is 6.30. The maximum Gasteiger partial charge on any atom is 0.416 e. The van der Waals surface area contributed by atoms with Crippen molar-refractivity contribution in [3.63, 3.8) is 0 Å². The van der Waals surface area contributed by atoms with Gasteiger partial charge in [0.1, 0.15) is 23.4 Å². The Bertz CT molecular complexity index is 1370. The van der Waals surface area contributed by atoms with E-state index >= 15 is 0 Å². The highest BCUT2D eigenvalue weighted by Gasteiger charge is 2.33. The van der Waals surface area contributed by atoms with Gasteiger partial charge in [-0.2, -0.15) is 13.2 Å². The number of carbonyl (C=O) groups is 7. The number of nitrogens with zero attached hydrogens (tertiary/aromatic N) is 1. The van der Waals surface area contributed by atoms with Gasteiger partial charge in [0.05, 0.1) is 25.1 Å². The van der Waals surface area contributed by atoms with Gasteiger partial charge in [-0.25, -0.2) is 4.79 Å². The summed E-state index contributed by atoms with van der Waals surface area (Å²) in [7, 11) is 0. The number of rotatable bonds is 8. The highest BCUT2D eigenvalue weighted by molar-refractivity contribution is 8.00. The number of aliphatic carboxylic acids is 2. The number of carboxylic acid groups (broad SMARTS) is 2. The zero-order valence-corrected chi connectivity index (χ0v) is 25.3. The highest BCUT2D eigenvalue weighted by atomic mass is 32.2. The van der Waals surface area contributed by atoms with Crippen LogP contribution in [-0.4, -0.2) is 101 Å². The van der Waals surface area contributed by atoms with Crippen LogP contribution >= 0.6 is 11.8 Å². The van der Waals surface area contributed by atoms with Gasteiger partial charge < -0.3 is 48.3 Å². The normalized spacial score (nSPS) is 22.2. The molecule has 1 heterocycles. The predicted molar refractivity (Wildman–Crippen MR) is 158 cm³/mol. The number of benzene rings is 1. The van der Waals surface area contributed by atoms with E-state index in [9.17, 15) is 56.9 Å². The van der Waals surface area contributed by atoms with Gasteiger partial charge in [0.2, 0.25) is 29.5 Å². The third-order valence-corrected chi connectivity index (χ3v) is 7.64. The second kappa shape index (κ2) is 17.6. The highest BCUT2D eigenvalue weighted by Crippen LogP contribution is 2.34. The van der Waals surface area contributed by atoms with Crippen molar-refractivity contribution in [2.75, 3.05) is 25.4 Å². The summed E-state index contributed by atoms with van der Waals surface area (Å²) in [6.45, 7) is -1.43. The monoisotopic (exact) mass is 690 g/mol. The van der Waals surface area contributed by atoms with Crippen LogP contribution in [0.5, 0.6) is 0 Å². The average Bonchev–Trinajstić information content (AvgIpc) is 2.98. The van der Waals surface area contributed by atoms with E-state index in [4.69, 9.17) is 11.5 Å². The van der Waals surface area contributed by atoms with Crippen molar-refractivity contribution in [1.82, 2.24) is 26.6 Å². The minimum Gasteiger partial charge on any atom is -0.481 e. The number of carbonyl (C=O) groups excluding carboxylic acids is 5. The molecule has 2 rings (SSSR count). The van der Waals surface area contributed by atoms with E-state index in [1.54, 1.807) is 0 Å². The van der Waals surface area contributed by atoms with Crippen LogP contribution in [0.1, 0.15) is 35.6 Å². The lowest BCUT2D eigenvalue weighted by Crippen LogP contribution is -2.55. The molecule has 1 aromatic rings. The van der Waals surface area contributed by atoms with Crippen LogP contribution in [0.3, 0.4) is 0 Å². The lowest BCUT2D eigenvalue weighted by atomic mass is 10.1. The van der Waals surface area contributed by atoms with Gasteiger partial charge in [-0.3, -0.25) is 33.8 Å². The zero-order chi connectivity index (χ0) is 35.3. The lowest BCUT2D eigenvalue weighted by Gasteiger charge is -2.24. The number of guanidine groups is 1. The third kappa shape index (κ3) is 13.0. The number of nitrogens with one attached hydrogen (secondary N) is 5. The second-order valence-electron chi connectivity index (χ2n) is 9.96. The first-order valence-corrected chi connectivity index (χ1v) is 14.8. The molecule has 0 aliphatic carbocycles. The molecule has 0 aromatic heterocycles. The molecule has 0 spiro atoms. The fraction of sp³-hybridized carbons (Fsp3) is 0.462. The van der Waals surface area contributed by atoms with Gasteiger partial charge in [-0.05, 0) is 30.5 Å². The van der Waals surface area contributed by atoms with E-state index < -0.39 is 102 Å². The van der Waals surface area contributed by atoms with Crippen molar-refractivity contribution >= 4 is 59.2 Å². The quantitative estimate of drug-likeness (QED) is 0.0798. The number of hydrogen-bond donors (Lipinski definition) is 9.